The van der Waals surface area contributed by atoms with E-state index in [0.717, 1.165) is 22.1 Å². The van der Waals surface area contributed by atoms with Gasteiger partial charge in [0.1, 0.15) is 5.75 Å². The number of ether oxygens (including phenoxy) is 1. The molecule has 160 valence electrons. The summed E-state index contributed by atoms with van der Waals surface area (Å²) >= 11 is 1.29. The van der Waals surface area contributed by atoms with Crippen LogP contribution in [0.15, 0.2) is 65.8 Å². The summed E-state index contributed by atoms with van der Waals surface area (Å²) in [6.07, 6.45) is 1.16. The van der Waals surface area contributed by atoms with Crippen molar-refractivity contribution >= 4 is 34.1 Å². The minimum atomic E-state index is -0.658. The Balaban J connectivity index is 1.90. The third-order valence-corrected chi connectivity index (χ3v) is 6.19. The second-order valence-corrected chi connectivity index (χ2v) is 8.15. The van der Waals surface area contributed by atoms with Crippen LogP contribution >= 0.6 is 11.8 Å². The van der Waals surface area contributed by atoms with Gasteiger partial charge in [0.15, 0.2) is 0 Å². The van der Waals surface area contributed by atoms with Gasteiger partial charge in [0, 0.05) is 17.4 Å². The molecular weight excluding hydrogens is 424 g/mol. The van der Waals surface area contributed by atoms with Crippen molar-refractivity contribution in [3.05, 3.63) is 66.2 Å². The van der Waals surface area contributed by atoms with Gasteiger partial charge in [-0.05, 0) is 35.9 Å². The van der Waals surface area contributed by atoms with Gasteiger partial charge >= 0.3 is 0 Å². The van der Waals surface area contributed by atoms with E-state index in [0.29, 0.717) is 22.1 Å². The van der Waals surface area contributed by atoms with E-state index in [2.05, 4.69) is 10.1 Å². The minimum absolute atomic E-state index is 0.155. The number of aromatic nitrogens is 3. The van der Waals surface area contributed by atoms with Crippen LogP contribution < -0.4 is 19.4 Å². The van der Waals surface area contributed by atoms with Gasteiger partial charge in [-0.2, -0.15) is 0 Å². The first-order chi connectivity index (χ1) is 15.5. The van der Waals surface area contributed by atoms with Crippen LogP contribution in [0.25, 0.3) is 22.0 Å². The highest BCUT2D eigenvalue weighted by atomic mass is 32.2. The van der Waals surface area contributed by atoms with Gasteiger partial charge in [-0.1, -0.05) is 52.8 Å². The number of carbonyl (C=O) groups excluding carboxylic acids is 1. The van der Waals surface area contributed by atoms with Crippen molar-refractivity contribution < 1.29 is 19.3 Å². The molecule has 7 nitrogen and oxygen atoms in total. The SMILES string of the molecule is COc1ccc(C2N(C(C)=O)c3ccccc3-c3c([O-])nc(SC)n[n+]32)c2ccccc12. The lowest BCUT2D eigenvalue weighted by atomic mass is 9.97. The van der Waals surface area contributed by atoms with Crippen LogP contribution in [0.2, 0.25) is 0 Å². The largest absolute Gasteiger partial charge is 0.854 e. The Kier molecular flexibility index (Phi) is 4.94. The summed E-state index contributed by atoms with van der Waals surface area (Å²) < 4.78 is 7.20. The van der Waals surface area contributed by atoms with Gasteiger partial charge in [0.25, 0.3) is 17.0 Å². The minimum Gasteiger partial charge on any atom is -0.854 e. The van der Waals surface area contributed by atoms with E-state index in [1.807, 2.05) is 66.9 Å². The molecule has 0 fully saturated rings. The Morgan fingerprint density at radius 1 is 1.09 bits per heavy atom. The first kappa shape index (κ1) is 20.3. The van der Waals surface area contributed by atoms with Gasteiger partial charge in [0.05, 0.1) is 29.8 Å². The summed E-state index contributed by atoms with van der Waals surface area (Å²) in [6, 6.07) is 19.0. The topological polar surface area (TPSA) is 82.3 Å². The van der Waals surface area contributed by atoms with Crippen molar-refractivity contribution in [2.24, 2.45) is 0 Å². The maximum atomic E-state index is 13.1. The molecule has 1 amide bonds. The van der Waals surface area contributed by atoms with Gasteiger partial charge in [0.2, 0.25) is 5.91 Å². The van der Waals surface area contributed by atoms with Crippen LogP contribution in [0.3, 0.4) is 0 Å². The summed E-state index contributed by atoms with van der Waals surface area (Å²) in [7, 11) is 1.63. The van der Waals surface area contributed by atoms with Crippen LogP contribution in [0.5, 0.6) is 11.6 Å². The molecule has 1 aromatic heterocycles. The Hall–Kier alpha value is -3.65. The van der Waals surface area contributed by atoms with E-state index in [9.17, 15) is 9.90 Å². The highest BCUT2D eigenvalue weighted by Gasteiger charge is 2.44. The fourth-order valence-electron chi connectivity index (χ4n) is 4.34. The maximum absolute atomic E-state index is 13.1. The molecule has 0 saturated heterocycles. The molecule has 1 atom stereocenters. The molecule has 0 aliphatic carbocycles. The normalized spacial score (nSPS) is 14.7. The average molecular weight is 445 g/mol. The predicted octanol–water partition coefficient (Wildman–Crippen LogP) is 3.30. The molecule has 2 heterocycles. The van der Waals surface area contributed by atoms with E-state index in [4.69, 9.17) is 4.74 Å². The Morgan fingerprint density at radius 3 is 2.53 bits per heavy atom. The summed E-state index contributed by atoms with van der Waals surface area (Å²) in [5.74, 6) is 0.206. The third-order valence-electron chi connectivity index (χ3n) is 5.65. The molecule has 0 N–H and O–H groups in total. The monoisotopic (exact) mass is 444 g/mol. The number of anilines is 1. The van der Waals surface area contributed by atoms with E-state index in [1.54, 1.807) is 16.7 Å². The molecule has 32 heavy (non-hydrogen) atoms. The zero-order chi connectivity index (χ0) is 22.4. The molecule has 5 rings (SSSR count). The molecule has 8 heteroatoms. The number of rotatable bonds is 3. The van der Waals surface area contributed by atoms with E-state index >= 15 is 0 Å². The molecule has 1 aliphatic rings. The number of amides is 1. The second kappa shape index (κ2) is 7.80. The van der Waals surface area contributed by atoms with Gasteiger partial charge in [-0.15, -0.1) is 0 Å². The number of thioether (sulfide) groups is 1. The highest BCUT2D eigenvalue weighted by Crippen LogP contribution is 2.42. The number of hydrogen-bond acceptors (Lipinski definition) is 6. The van der Waals surface area contributed by atoms with E-state index < -0.39 is 6.17 Å². The summed E-state index contributed by atoms with van der Waals surface area (Å²) in [5, 5.41) is 20.0. The number of methoxy groups -OCH3 is 1. The zero-order valence-electron chi connectivity index (χ0n) is 17.8. The summed E-state index contributed by atoms with van der Waals surface area (Å²) in [6.45, 7) is 1.52. The second-order valence-electron chi connectivity index (χ2n) is 7.38. The molecule has 4 aromatic rings. The fraction of sp³-hybridized carbons (Fsp3) is 0.167. The molecule has 0 radical (unpaired) electrons. The first-order valence-electron chi connectivity index (χ1n) is 10.0. The van der Waals surface area contributed by atoms with Crippen molar-refractivity contribution in [2.75, 3.05) is 18.3 Å². The van der Waals surface area contributed by atoms with Crippen molar-refractivity contribution in [3.8, 4) is 22.9 Å². The summed E-state index contributed by atoms with van der Waals surface area (Å²) in [4.78, 5) is 18.8. The molecular formula is C24H20N4O3S. The molecule has 0 bridgehead atoms. The Morgan fingerprint density at radius 2 is 1.81 bits per heavy atom. The van der Waals surface area contributed by atoms with Crippen LogP contribution in [-0.2, 0) is 4.79 Å². The Bertz CT molecular complexity index is 1370. The molecule has 0 saturated carbocycles. The van der Waals surface area contributed by atoms with Crippen LogP contribution in [0.4, 0.5) is 5.69 Å². The average Bonchev–Trinajstić information content (AvgIpc) is 2.82. The number of benzene rings is 3. The lowest BCUT2D eigenvalue weighted by Crippen LogP contribution is -2.58. The first-order valence-corrected chi connectivity index (χ1v) is 11.3. The molecule has 0 spiro atoms. The number of para-hydroxylation sites is 1. The van der Waals surface area contributed by atoms with Crippen LogP contribution in [0.1, 0.15) is 18.7 Å². The zero-order valence-corrected chi connectivity index (χ0v) is 18.6. The van der Waals surface area contributed by atoms with Crippen LogP contribution in [-0.4, -0.2) is 29.4 Å². The lowest BCUT2D eigenvalue weighted by molar-refractivity contribution is -0.764. The molecule has 1 unspecified atom stereocenters. The number of carbonyl (C=O) groups is 1. The third kappa shape index (κ3) is 2.98. The van der Waals surface area contributed by atoms with Gasteiger partial charge < -0.3 is 9.84 Å². The smallest absolute Gasteiger partial charge is 0.293 e. The molecule has 1 aliphatic heterocycles. The van der Waals surface area contributed by atoms with Crippen molar-refractivity contribution in [1.29, 1.82) is 0 Å². The van der Waals surface area contributed by atoms with Crippen molar-refractivity contribution in [3.63, 3.8) is 0 Å². The predicted molar refractivity (Wildman–Crippen MR) is 121 cm³/mol. The highest BCUT2D eigenvalue weighted by molar-refractivity contribution is 7.98. The number of fused-ring (bicyclic) bond motifs is 4. The maximum Gasteiger partial charge on any atom is 0.293 e. The van der Waals surface area contributed by atoms with Crippen molar-refractivity contribution in [2.45, 2.75) is 18.2 Å². The Labute approximate surface area is 189 Å². The van der Waals surface area contributed by atoms with E-state index in [1.165, 1.54) is 18.7 Å². The van der Waals surface area contributed by atoms with Gasteiger partial charge in [-0.25, -0.2) is 9.88 Å². The summed E-state index contributed by atoms with van der Waals surface area (Å²) in [5.41, 5.74) is 2.49. The lowest BCUT2D eigenvalue weighted by Gasteiger charge is -2.33. The quantitative estimate of drug-likeness (QED) is 0.356. The number of nitrogens with zero attached hydrogens (tertiary/aromatic N) is 4. The van der Waals surface area contributed by atoms with Crippen molar-refractivity contribution in [1.82, 2.24) is 10.1 Å². The number of hydrogen-bond donors (Lipinski definition) is 0. The standard InChI is InChI=1S/C24H20N4O3S/c1-14(29)27-19-11-7-6-10-18(19)21-22(30)25-24(32-3)26-28(21)23(27)17-12-13-20(31-2)16-9-5-4-8-15(16)17/h4-13,23H,1-3H3. The van der Waals surface area contributed by atoms with E-state index in [-0.39, 0.29) is 11.8 Å². The van der Waals surface area contributed by atoms with Gasteiger partial charge in [-0.3, -0.25) is 4.79 Å². The fourth-order valence-corrected chi connectivity index (χ4v) is 4.68. The van der Waals surface area contributed by atoms with Crippen LogP contribution in [0, 0.1) is 0 Å². The molecule has 3 aromatic carbocycles.